The minimum absolute atomic E-state index is 0.280. The molecule has 4 N–H and O–H groups in total. The van der Waals surface area contributed by atoms with Crippen molar-refractivity contribution in [3.8, 4) is 0 Å². The van der Waals surface area contributed by atoms with Crippen LogP contribution < -0.4 is 0 Å². The number of hydrogen-bond donors (Lipinski definition) is 4. The van der Waals surface area contributed by atoms with Crippen LogP contribution in [0.2, 0.25) is 0 Å². The fourth-order valence-corrected chi connectivity index (χ4v) is 4.96. The second-order valence-corrected chi connectivity index (χ2v) is 11.3. The first-order chi connectivity index (χ1) is 23.8. The monoisotopic (exact) mass is 696 g/mol. The third kappa shape index (κ3) is 17.8. The fourth-order valence-electron chi connectivity index (χ4n) is 4.96. The summed E-state index contributed by atoms with van der Waals surface area (Å²) in [4.78, 5) is 43.2. The number of hydrogen-bond acceptors (Lipinski definition) is 7. The molecule has 1 aliphatic heterocycles. The lowest BCUT2D eigenvalue weighted by Crippen LogP contribution is -2.48. The van der Waals surface area contributed by atoms with E-state index in [1.54, 1.807) is 24.3 Å². The van der Waals surface area contributed by atoms with Crippen LogP contribution in [-0.2, 0) is 30.3 Å². The summed E-state index contributed by atoms with van der Waals surface area (Å²) >= 11 is 0. The molecule has 3 aromatic rings. The molecule has 268 valence electrons. The van der Waals surface area contributed by atoms with Gasteiger partial charge < -0.3 is 30.1 Å². The molecule has 1 atom stereocenters. The van der Waals surface area contributed by atoms with Crippen LogP contribution in [0.3, 0.4) is 0 Å². The van der Waals surface area contributed by atoms with Crippen molar-refractivity contribution in [2.75, 3.05) is 45.9 Å². The SMILES string of the molecule is C[C@H](Cc1ccccc1)CN1CCN(CCOC(c2ccc(F)cc2)c2ccc(F)cc2)CC1.O=C(O)/C=C\C(=O)O.O=C(O)/C=C\C(=O)O. The summed E-state index contributed by atoms with van der Waals surface area (Å²) < 4.78 is 33.1. The van der Waals surface area contributed by atoms with Crippen molar-refractivity contribution in [2.45, 2.75) is 19.4 Å². The molecule has 0 bridgehead atoms. The maximum absolute atomic E-state index is 13.4. The van der Waals surface area contributed by atoms with Gasteiger partial charge in [-0.15, -0.1) is 0 Å². The van der Waals surface area contributed by atoms with Crippen molar-refractivity contribution in [1.29, 1.82) is 0 Å². The van der Waals surface area contributed by atoms with E-state index in [0.29, 0.717) is 36.8 Å². The first-order valence-electron chi connectivity index (χ1n) is 15.7. The number of halogens is 2. The third-order valence-corrected chi connectivity index (χ3v) is 7.24. The average molecular weight is 697 g/mol. The fraction of sp³-hybridized carbons (Fsp3) is 0.297. The summed E-state index contributed by atoms with van der Waals surface area (Å²) in [6.07, 6.45) is 3.00. The predicted octanol–water partition coefficient (Wildman–Crippen LogP) is 4.99. The zero-order chi connectivity index (χ0) is 36.9. The molecule has 0 aromatic heterocycles. The molecule has 1 heterocycles. The van der Waals surface area contributed by atoms with Gasteiger partial charge >= 0.3 is 23.9 Å². The molecule has 11 nitrogen and oxygen atoms in total. The molecule has 1 saturated heterocycles. The van der Waals surface area contributed by atoms with E-state index < -0.39 is 23.9 Å². The molecule has 3 aromatic carbocycles. The maximum Gasteiger partial charge on any atom is 0.328 e. The molecule has 0 aliphatic carbocycles. The Kier molecular flexibility index (Phi) is 18.3. The number of carboxylic acids is 4. The molecule has 0 spiro atoms. The van der Waals surface area contributed by atoms with Gasteiger partial charge in [-0.2, -0.15) is 0 Å². The highest BCUT2D eigenvalue weighted by atomic mass is 19.1. The van der Waals surface area contributed by atoms with Crippen LogP contribution in [-0.4, -0.2) is 100.0 Å². The van der Waals surface area contributed by atoms with Gasteiger partial charge in [0.05, 0.1) is 6.61 Å². The Morgan fingerprint density at radius 2 is 1.06 bits per heavy atom. The van der Waals surface area contributed by atoms with E-state index in [4.69, 9.17) is 25.2 Å². The van der Waals surface area contributed by atoms with Crippen molar-refractivity contribution < 1.29 is 53.1 Å². The molecule has 1 fully saturated rings. The molecular weight excluding hydrogens is 654 g/mol. The number of aliphatic carboxylic acids is 4. The molecule has 13 heteroatoms. The number of rotatable bonds is 14. The van der Waals surface area contributed by atoms with Crippen molar-refractivity contribution in [3.63, 3.8) is 0 Å². The number of benzene rings is 3. The Bertz CT molecular complexity index is 1430. The second kappa shape index (κ2) is 22.4. The summed E-state index contributed by atoms with van der Waals surface area (Å²) in [5.41, 5.74) is 3.14. The lowest BCUT2D eigenvalue weighted by molar-refractivity contribution is -0.134. The largest absolute Gasteiger partial charge is 0.478 e. The van der Waals surface area contributed by atoms with E-state index in [-0.39, 0.29) is 17.7 Å². The smallest absolute Gasteiger partial charge is 0.328 e. The van der Waals surface area contributed by atoms with E-state index in [1.165, 1.54) is 29.8 Å². The minimum atomic E-state index is -1.26. The zero-order valence-electron chi connectivity index (χ0n) is 27.6. The maximum atomic E-state index is 13.4. The third-order valence-electron chi connectivity index (χ3n) is 7.24. The van der Waals surface area contributed by atoms with Crippen LogP contribution in [0.25, 0.3) is 0 Å². The van der Waals surface area contributed by atoms with E-state index in [1.807, 2.05) is 0 Å². The quantitative estimate of drug-likeness (QED) is 0.168. The molecular formula is C37H42F2N2O9. The second-order valence-electron chi connectivity index (χ2n) is 11.3. The van der Waals surface area contributed by atoms with E-state index in [2.05, 4.69) is 47.1 Å². The van der Waals surface area contributed by atoms with Crippen LogP contribution in [0, 0.1) is 17.6 Å². The normalized spacial score (nSPS) is 14.0. The predicted molar refractivity (Wildman–Crippen MR) is 182 cm³/mol. The Morgan fingerprint density at radius 1 is 0.660 bits per heavy atom. The topological polar surface area (TPSA) is 165 Å². The highest BCUT2D eigenvalue weighted by Crippen LogP contribution is 2.26. The van der Waals surface area contributed by atoms with Crippen molar-refractivity contribution >= 4 is 23.9 Å². The highest BCUT2D eigenvalue weighted by molar-refractivity contribution is 5.90. The van der Waals surface area contributed by atoms with Crippen molar-refractivity contribution in [2.24, 2.45) is 5.92 Å². The average Bonchev–Trinajstić information content (AvgIpc) is 3.08. The lowest BCUT2D eigenvalue weighted by Gasteiger charge is -2.36. The van der Waals surface area contributed by atoms with E-state index in [0.717, 1.165) is 56.8 Å². The molecule has 0 amide bonds. The molecule has 0 radical (unpaired) electrons. The first-order valence-corrected chi connectivity index (χ1v) is 15.7. The zero-order valence-corrected chi connectivity index (χ0v) is 27.6. The van der Waals surface area contributed by atoms with E-state index >= 15 is 0 Å². The molecule has 1 aliphatic rings. The minimum Gasteiger partial charge on any atom is -0.478 e. The number of piperazine rings is 1. The summed E-state index contributed by atoms with van der Waals surface area (Å²) in [6, 6.07) is 23.4. The molecule has 4 rings (SSSR count). The van der Waals surface area contributed by atoms with Gasteiger partial charge in [0, 0.05) is 63.6 Å². The van der Waals surface area contributed by atoms with E-state index in [9.17, 15) is 28.0 Å². The Morgan fingerprint density at radius 3 is 1.46 bits per heavy atom. The standard InChI is InChI=1S/C29H34F2N2O.2C4H4O4/c1-23(21-24-5-3-2-4-6-24)22-33-17-15-32(16-18-33)19-20-34-29(25-7-11-27(30)12-8-25)26-9-13-28(31)14-10-26;2*5-3(6)1-2-4(7)8/h2-14,23,29H,15-22H2,1H3;2*1-2H,(H,5,6)(H,7,8)/b;2*2-1-/t23-;;/m1../s1. The van der Waals surface area contributed by atoms with Crippen LogP contribution in [0.5, 0.6) is 0 Å². The van der Waals surface area contributed by atoms with Crippen LogP contribution in [0.1, 0.15) is 29.7 Å². The summed E-state index contributed by atoms with van der Waals surface area (Å²) in [5, 5.41) is 31.2. The van der Waals surface area contributed by atoms with Gasteiger partial charge in [0.25, 0.3) is 0 Å². The van der Waals surface area contributed by atoms with Crippen molar-refractivity contribution in [1.82, 2.24) is 9.80 Å². The van der Waals surface area contributed by atoms with Gasteiger partial charge in [0.1, 0.15) is 17.7 Å². The van der Waals surface area contributed by atoms with Crippen molar-refractivity contribution in [3.05, 3.63) is 131 Å². The Balaban J connectivity index is 0.000000450. The van der Waals surface area contributed by atoms with Gasteiger partial charge in [-0.3, -0.25) is 4.90 Å². The number of carboxylic acid groups (broad SMARTS) is 4. The van der Waals surface area contributed by atoms with Gasteiger partial charge in [-0.05, 0) is 53.3 Å². The van der Waals surface area contributed by atoms with Gasteiger partial charge in [-0.25, -0.2) is 28.0 Å². The summed E-state index contributed by atoms with van der Waals surface area (Å²) in [5.74, 6) is -4.96. The Hall–Kier alpha value is -5.24. The van der Waals surface area contributed by atoms with Gasteiger partial charge in [0.15, 0.2) is 0 Å². The van der Waals surface area contributed by atoms with Crippen LogP contribution >= 0.6 is 0 Å². The van der Waals surface area contributed by atoms with Crippen LogP contribution in [0.4, 0.5) is 8.78 Å². The number of nitrogens with zero attached hydrogens (tertiary/aromatic N) is 2. The lowest BCUT2D eigenvalue weighted by atomic mass is 10.0. The number of carbonyl (C=O) groups is 4. The highest BCUT2D eigenvalue weighted by Gasteiger charge is 2.20. The number of ether oxygens (including phenoxy) is 1. The van der Waals surface area contributed by atoms with Gasteiger partial charge in [-0.1, -0.05) is 61.5 Å². The van der Waals surface area contributed by atoms with Crippen LogP contribution in [0.15, 0.2) is 103 Å². The first kappa shape index (κ1) is 40.9. The Labute approximate surface area is 289 Å². The molecule has 0 unspecified atom stereocenters. The molecule has 50 heavy (non-hydrogen) atoms. The summed E-state index contributed by atoms with van der Waals surface area (Å²) in [6.45, 7) is 9.04. The summed E-state index contributed by atoms with van der Waals surface area (Å²) in [7, 11) is 0. The van der Waals surface area contributed by atoms with Gasteiger partial charge in [0.2, 0.25) is 0 Å². The molecule has 0 saturated carbocycles.